The van der Waals surface area contributed by atoms with Crippen LogP contribution in [-0.2, 0) is 21.3 Å². The van der Waals surface area contributed by atoms with Gasteiger partial charge in [-0.1, -0.05) is 23.1 Å². The Morgan fingerprint density at radius 2 is 2.00 bits per heavy atom. The number of nitrogens with one attached hydrogen (secondary N) is 1. The van der Waals surface area contributed by atoms with Gasteiger partial charge in [0.15, 0.2) is 0 Å². The molecule has 0 fully saturated rings. The van der Waals surface area contributed by atoms with Crippen molar-refractivity contribution < 1.29 is 17.7 Å². The van der Waals surface area contributed by atoms with Crippen molar-refractivity contribution in [1.29, 1.82) is 0 Å². The Morgan fingerprint density at radius 3 is 2.70 bits per heavy atom. The molecular formula is C14H17NO4S. The molecule has 0 spiro atoms. The maximum absolute atomic E-state index is 12.0. The number of sulfonamides is 1. The Bertz CT molecular complexity index is 635. The molecule has 108 valence electrons. The van der Waals surface area contributed by atoms with Crippen LogP contribution in [0.2, 0.25) is 0 Å². The number of benzene rings is 1. The van der Waals surface area contributed by atoms with E-state index >= 15 is 0 Å². The van der Waals surface area contributed by atoms with Crippen LogP contribution in [0.25, 0.3) is 0 Å². The van der Waals surface area contributed by atoms with E-state index in [1.807, 2.05) is 12.1 Å². The minimum absolute atomic E-state index is 0.228. The molecule has 0 aliphatic heterocycles. The first-order valence-corrected chi connectivity index (χ1v) is 7.79. The zero-order valence-corrected chi connectivity index (χ0v) is 12.0. The average molecular weight is 295 g/mol. The Labute approximate surface area is 118 Å². The van der Waals surface area contributed by atoms with Gasteiger partial charge < -0.3 is 4.42 Å². The van der Waals surface area contributed by atoms with Crippen LogP contribution in [-0.4, -0.2) is 15.0 Å². The van der Waals surface area contributed by atoms with Crippen molar-refractivity contribution in [3.8, 4) is 0 Å². The van der Waals surface area contributed by atoms with Crippen molar-refractivity contribution >= 4 is 10.0 Å². The summed E-state index contributed by atoms with van der Waals surface area (Å²) in [7, 11) is -3.62. The van der Waals surface area contributed by atoms with Gasteiger partial charge in [-0.25, -0.2) is 8.42 Å². The summed E-state index contributed by atoms with van der Waals surface area (Å²) in [5, 5.41) is 0. The Hall–Kier alpha value is -1.63. The van der Waals surface area contributed by atoms with Crippen molar-refractivity contribution in [3.05, 3.63) is 54.0 Å². The van der Waals surface area contributed by atoms with E-state index in [2.05, 4.69) is 4.89 Å². The molecule has 0 atom stereocenters. The largest absolute Gasteiger partial charge is 0.469 e. The quantitative estimate of drug-likeness (QED) is 0.629. The van der Waals surface area contributed by atoms with Gasteiger partial charge in [-0.05, 0) is 37.1 Å². The topological polar surface area (TPSA) is 68.5 Å². The van der Waals surface area contributed by atoms with E-state index in [9.17, 15) is 8.42 Å². The first-order valence-electron chi connectivity index (χ1n) is 6.31. The molecule has 0 unspecified atom stereocenters. The number of aryl methyl sites for hydroxylation is 2. The monoisotopic (exact) mass is 295 g/mol. The second-order valence-corrected chi connectivity index (χ2v) is 6.00. The van der Waals surface area contributed by atoms with E-state index in [0.29, 0.717) is 18.4 Å². The van der Waals surface area contributed by atoms with E-state index in [1.54, 1.807) is 37.5 Å². The van der Waals surface area contributed by atoms with Crippen LogP contribution in [0.5, 0.6) is 0 Å². The minimum atomic E-state index is -3.62. The normalized spacial score (nSPS) is 11.7. The second kappa shape index (κ2) is 6.69. The lowest BCUT2D eigenvalue weighted by molar-refractivity contribution is 0.0905. The smallest absolute Gasteiger partial charge is 0.262 e. The van der Waals surface area contributed by atoms with Gasteiger partial charge in [0, 0.05) is 6.42 Å². The van der Waals surface area contributed by atoms with Gasteiger partial charge in [0.25, 0.3) is 10.0 Å². The fourth-order valence-corrected chi connectivity index (χ4v) is 2.87. The molecule has 0 radical (unpaired) electrons. The fraction of sp³-hybridized carbons (Fsp3) is 0.286. The van der Waals surface area contributed by atoms with E-state index < -0.39 is 10.0 Å². The summed E-state index contributed by atoms with van der Waals surface area (Å²) in [5.41, 5.74) is 0.680. The molecule has 1 aromatic heterocycles. The maximum atomic E-state index is 12.0. The van der Waals surface area contributed by atoms with Crippen LogP contribution in [0.15, 0.2) is 52.0 Å². The van der Waals surface area contributed by atoms with Gasteiger partial charge in [0.2, 0.25) is 0 Å². The van der Waals surface area contributed by atoms with Gasteiger partial charge in [-0.2, -0.15) is 0 Å². The molecule has 1 N–H and O–H groups in total. The van der Waals surface area contributed by atoms with Crippen molar-refractivity contribution in [2.75, 3.05) is 6.61 Å². The standard InChI is InChI=1S/C14H17NO4S/c1-12-6-2-3-9-14(12)20(16,17)15-19-11-5-8-13-7-4-10-18-13/h2-4,6-7,9-10,15H,5,8,11H2,1H3. The molecule has 1 heterocycles. The van der Waals surface area contributed by atoms with Crippen LogP contribution < -0.4 is 4.89 Å². The van der Waals surface area contributed by atoms with E-state index in [4.69, 9.17) is 9.25 Å². The first kappa shape index (κ1) is 14.8. The van der Waals surface area contributed by atoms with Gasteiger partial charge in [0.1, 0.15) is 5.76 Å². The summed E-state index contributed by atoms with van der Waals surface area (Å²) in [4.78, 5) is 7.39. The zero-order valence-electron chi connectivity index (χ0n) is 11.2. The Morgan fingerprint density at radius 1 is 1.20 bits per heavy atom. The molecule has 0 saturated carbocycles. The minimum Gasteiger partial charge on any atom is -0.469 e. The zero-order chi connectivity index (χ0) is 14.4. The summed E-state index contributed by atoms with van der Waals surface area (Å²) in [5.74, 6) is 0.857. The molecule has 0 aliphatic carbocycles. The molecule has 6 heteroatoms. The van der Waals surface area contributed by atoms with Gasteiger partial charge in [0.05, 0.1) is 17.8 Å². The SMILES string of the molecule is Cc1ccccc1S(=O)(=O)NOCCCc1ccco1. The average Bonchev–Trinajstić information content (AvgIpc) is 2.91. The van der Waals surface area contributed by atoms with Crippen molar-refractivity contribution in [2.24, 2.45) is 0 Å². The third-order valence-electron chi connectivity index (χ3n) is 2.80. The molecule has 0 saturated heterocycles. The Kier molecular flexibility index (Phi) is 4.94. The highest BCUT2D eigenvalue weighted by molar-refractivity contribution is 7.89. The fourth-order valence-electron chi connectivity index (χ4n) is 1.80. The highest BCUT2D eigenvalue weighted by atomic mass is 32.2. The predicted octanol–water partition coefficient (Wildman–Crippen LogP) is 2.43. The number of furan rings is 1. The summed E-state index contributed by atoms with van der Waals surface area (Å²) >= 11 is 0. The lowest BCUT2D eigenvalue weighted by atomic mass is 10.2. The molecule has 0 amide bonds. The van der Waals surface area contributed by atoms with Gasteiger partial charge in [-0.15, -0.1) is 0 Å². The molecule has 5 nitrogen and oxygen atoms in total. The lowest BCUT2D eigenvalue weighted by Crippen LogP contribution is -2.25. The van der Waals surface area contributed by atoms with Crippen LogP contribution >= 0.6 is 0 Å². The third-order valence-corrected chi connectivity index (χ3v) is 4.18. The van der Waals surface area contributed by atoms with Crippen LogP contribution in [0.3, 0.4) is 0 Å². The molecule has 1 aromatic carbocycles. The van der Waals surface area contributed by atoms with Crippen LogP contribution in [0.4, 0.5) is 0 Å². The molecule has 0 aliphatic rings. The van der Waals surface area contributed by atoms with Crippen LogP contribution in [0.1, 0.15) is 17.7 Å². The van der Waals surface area contributed by atoms with E-state index in [1.165, 1.54) is 0 Å². The number of hydrogen-bond donors (Lipinski definition) is 1. The van der Waals surface area contributed by atoms with Gasteiger partial charge >= 0.3 is 0 Å². The molecule has 2 aromatic rings. The summed E-state index contributed by atoms with van der Waals surface area (Å²) in [6.45, 7) is 2.03. The van der Waals surface area contributed by atoms with Crippen molar-refractivity contribution in [1.82, 2.24) is 4.89 Å². The molecular weight excluding hydrogens is 278 g/mol. The molecule has 0 bridgehead atoms. The number of hydrogen-bond acceptors (Lipinski definition) is 4. The molecule has 2 rings (SSSR count). The lowest BCUT2D eigenvalue weighted by Gasteiger charge is -2.08. The number of rotatable bonds is 7. The predicted molar refractivity (Wildman–Crippen MR) is 74.5 cm³/mol. The summed E-state index contributed by atoms with van der Waals surface area (Å²) < 4.78 is 29.2. The highest BCUT2D eigenvalue weighted by Gasteiger charge is 2.15. The second-order valence-electron chi connectivity index (χ2n) is 4.38. The Balaban J connectivity index is 1.80. The third kappa shape index (κ3) is 3.93. The highest BCUT2D eigenvalue weighted by Crippen LogP contribution is 2.13. The molecule has 20 heavy (non-hydrogen) atoms. The van der Waals surface area contributed by atoms with E-state index in [-0.39, 0.29) is 11.5 Å². The maximum Gasteiger partial charge on any atom is 0.262 e. The van der Waals surface area contributed by atoms with Crippen molar-refractivity contribution in [3.63, 3.8) is 0 Å². The van der Waals surface area contributed by atoms with Gasteiger partial charge in [-0.3, -0.25) is 4.84 Å². The van der Waals surface area contributed by atoms with Crippen molar-refractivity contribution in [2.45, 2.75) is 24.7 Å². The summed E-state index contributed by atoms with van der Waals surface area (Å²) in [6.07, 6.45) is 2.99. The first-order chi connectivity index (χ1) is 9.59. The van der Waals surface area contributed by atoms with Crippen LogP contribution in [0, 0.1) is 6.92 Å². The van der Waals surface area contributed by atoms with E-state index in [0.717, 1.165) is 5.76 Å². The summed E-state index contributed by atoms with van der Waals surface area (Å²) in [6, 6.07) is 10.4.